The molecule has 0 aromatic heterocycles. The average molecular weight is 218 g/mol. The van der Waals surface area contributed by atoms with Crippen LogP contribution in [0, 0.1) is 0 Å². The van der Waals surface area contributed by atoms with Gasteiger partial charge in [-0.15, -0.1) is 0 Å². The van der Waals surface area contributed by atoms with E-state index in [1.165, 1.54) is 13.0 Å². The Morgan fingerprint density at radius 1 is 1.64 bits per heavy atom. The molecule has 0 bridgehead atoms. The van der Waals surface area contributed by atoms with Crippen LogP contribution in [0.15, 0.2) is 0 Å². The van der Waals surface area contributed by atoms with E-state index >= 15 is 0 Å². The van der Waals surface area contributed by atoms with Gasteiger partial charge in [-0.1, -0.05) is 0 Å². The fraction of sp³-hybridized carbons (Fsp3) is 1.00. The number of nitrogens with one attached hydrogen (secondary N) is 1. The van der Waals surface area contributed by atoms with Crippen molar-refractivity contribution in [3.63, 3.8) is 0 Å². The standard InChI is InChI=1S/C10H22N2OS/c1-8(10(7-13)14-3)11-9-4-5-12(2)6-9/h8-11,13H,4-7H2,1-3H3. The molecule has 0 saturated carbocycles. The van der Waals surface area contributed by atoms with Crippen molar-refractivity contribution in [3.8, 4) is 0 Å². The van der Waals surface area contributed by atoms with Gasteiger partial charge < -0.3 is 15.3 Å². The van der Waals surface area contributed by atoms with Crippen LogP contribution in [0.3, 0.4) is 0 Å². The molecule has 1 aliphatic heterocycles. The molecule has 3 atom stereocenters. The van der Waals surface area contributed by atoms with Crippen molar-refractivity contribution in [1.82, 2.24) is 10.2 Å². The molecule has 0 aromatic rings. The first-order valence-electron chi connectivity index (χ1n) is 5.25. The second-order valence-electron chi connectivity index (χ2n) is 4.16. The SMILES string of the molecule is CSC(CO)C(C)NC1CCN(C)C1. The van der Waals surface area contributed by atoms with Gasteiger partial charge in [-0.2, -0.15) is 11.8 Å². The Kier molecular flexibility index (Phi) is 5.23. The number of aliphatic hydroxyl groups excluding tert-OH is 1. The second kappa shape index (κ2) is 5.95. The summed E-state index contributed by atoms with van der Waals surface area (Å²) in [6.45, 7) is 4.75. The highest BCUT2D eigenvalue weighted by Crippen LogP contribution is 2.13. The summed E-state index contributed by atoms with van der Waals surface area (Å²) in [6, 6.07) is 1.00. The lowest BCUT2D eigenvalue weighted by Gasteiger charge is -2.25. The summed E-state index contributed by atoms with van der Waals surface area (Å²) in [6.07, 6.45) is 3.28. The topological polar surface area (TPSA) is 35.5 Å². The van der Waals surface area contributed by atoms with Gasteiger partial charge in [-0.3, -0.25) is 0 Å². The molecule has 4 heteroatoms. The molecule has 3 nitrogen and oxygen atoms in total. The molecule has 1 rings (SSSR count). The van der Waals surface area contributed by atoms with Crippen molar-refractivity contribution in [1.29, 1.82) is 0 Å². The normalized spacial score (nSPS) is 27.9. The number of aliphatic hydroxyl groups is 1. The summed E-state index contributed by atoms with van der Waals surface area (Å²) in [5.41, 5.74) is 0. The van der Waals surface area contributed by atoms with Gasteiger partial charge in [0.05, 0.1) is 6.61 Å². The van der Waals surface area contributed by atoms with Gasteiger partial charge in [0.15, 0.2) is 0 Å². The van der Waals surface area contributed by atoms with Crippen LogP contribution in [0.2, 0.25) is 0 Å². The van der Waals surface area contributed by atoms with E-state index in [0.29, 0.717) is 17.3 Å². The lowest BCUT2D eigenvalue weighted by Crippen LogP contribution is -2.44. The van der Waals surface area contributed by atoms with Gasteiger partial charge in [0, 0.05) is 23.9 Å². The van der Waals surface area contributed by atoms with E-state index in [1.54, 1.807) is 11.8 Å². The van der Waals surface area contributed by atoms with Crippen LogP contribution in [-0.4, -0.2) is 60.3 Å². The Balaban J connectivity index is 2.28. The fourth-order valence-corrected chi connectivity index (χ4v) is 2.62. The number of thioether (sulfide) groups is 1. The maximum absolute atomic E-state index is 9.15. The van der Waals surface area contributed by atoms with E-state index in [1.807, 2.05) is 0 Å². The molecule has 0 amide bonds. The van der Waals surface area contributed by atoms with Crippen molar-refractivity contribution in [2.24, 2.45) is 0 Å². The van der Waals surface area contributed by atoms with Crippen LogP contribution in [-0.2, 0) is 0 Å². The average Bonchev–Trinajstić information content (AvgIpc) is 2.53. The van der Waals surface area contributed by atoms with Gasteiger partial charge in [0.25, 0.3) is 0 Å². The molecule has 0 aromatic carbocycles. The number of nitrogens with zero attached hydrogens (tertiary/aromatic N) is 1. The van der Waals surface area contributed by atoms with Crippen molar-refractivity contribution < 1.29 is 5.11 Å². The van der Waals surface area contributed by atoms with Crippen molar-refractivity contribution in [3.05, 3.63) is 0 Å². The highest BCUT2D eigenvalue weighted by Gasteiger charge is 2.23. The molecule has 2 N–H and O–H groups in total. The minimum Gasteiger partial charge on any atom is -0.395 e. The molecule has 1 heterocycles. The summed E-state index contributed by atoms with van der Waals surface area (Å²) in [7, 11) is 2.16. The first kappa shape index (κ1) is 12.3. The third kappa shape index (κ3) is 3.42. The van der Waals surface area contributed by atoms with Gasteiger partial charge in [0.2, 0.25) is 0 Å². The van der Waals surface area contributed by atoms with E-state index in [0.717, 1.165) is 6.54 Å². The summed E-state index contributed by atoms with van der Waals surface area (Å²) < 4.78 is 0. The molecular formula is C10H22N2OS. The van der Waals surface area contributed by atoms with Crippen LogP contribution in [0.1, 0.15) is 13.3 Å². The Morgan fingerprint density at radius 2 is 2.36 bits per heavy atom. The van der Waals surface area contributed by atoms with E-state index < -0.39 is 0 Å². The monoisotopic (exact) mass is 218 g/mol. The number of likely N-dealkylation sites (N-methyl/N-ethyl adjacent to an activating group) is 1. The smallest absolute Gasteiger partial charge is 0.0564 e. The van der Waals surface area contributed by atoms with E-state index in [-0.39, 0.29) is 6.61 Å². The fourth-order valence-electron chi connectivity index (χ4n) is 1.99. The van der Waals surface area contributed by atoms with Gasteiger partial charge in [-0.05, 0) is 33.2 Å². The maximum atomic E-state index is 9.15. The first-order chi connectivity index (χ1) is 6.67. The predicted octanol–water partition coefficient (Wildman–Crippen LogP) is 0.393. The first-order valence-corrected chi connectivity index (χ1v) is 6.54. The summed E-state index contributed by atoms with van der Waals surface area (Å²) >= 11 is 1.74. The molecule has 84 valence electrons. The van der Waals surface area contributed by atoms with Crippen LogP contribution >= 0.6 is 11.8 Å². The Labute approximate surface area is 91.2 Å². The maximum Gasteiger partial charge on any atom is 0.0564 e. The van der Waals surface area contributed by atoms with Crippen LogP contribution in [0.25, 0.3) is 0 Å². The molecule has 1 aliphatic rings. The zero-order valence-electron chi connectivity index (χ0n) is 9.36. The third-order valence-electron chi connectivity index (χ3n) is 2.93. The minimum atomic E-state index is 0.262. The van der Waals surface area contributed by atoms with Gasteiger partial charge >= 0.3 is 0 Å². The third-order valence-corrected chi connectivity index (χ3v) is 4.09. The van der Waals surface area contributed by atoms with Crippen LogP contribution < -0.4 is 5.32 Å². The van der Waals surface area contributed by atoms with Crippen LogP contribution in [0.5, 0.6) is 0 Å². The van der Waals surface area contributed by atoms with Gasteiger partial charge in [-0.25, -0.2) is 0 Å². The summed E-state index contributed by atoms with van der Waals surface area (Å²) in [5, 5.41) is 13.1. The predicted molar refractivity (Wildman–Crippen MR) is 62.9 cm³/mol. The van der Waals surface area contributed by atoms with Crippen molar-refractivity contribution in [2.45, 2.75) is 30.7 Å². The highest BCUT2D eigenvalue weighted by molar-refractivity contribution is 7.99. The lowest BCUT2D eigenvalue weighted by atomic mass is 10.2. The minimum absolute atomic E-state index is 0.262. The van der Waals surface area contributed by atoms with E-state index in [9.17, 15) is 0 Å². The molecule has 0 aliphatic carbocycles. The number of hydrogen-bond donors (Lipinski definition) is 2. The molecular weight excluding hydrogens is 196 g/mol. The molecule has 0 spiro atoms. The molecule has 1 fully saturated rings. The zero-order valence-corrected chi connectivity index (χ0v) is 10.2. The second-order valence-corrected chi connectivity index (χ2v) is 5.24. The Hall–Kier alpha value is 0.230. The molecule has 14 heavy (non-hydrogen) atoms. The number of hydrogen-bond acceptors (Lipinski definition) is 4. The largest absolute Gasteiger partial charge is 0.395 e. The summed E-state index contributed by atoms with van der Waals surface area (Å²) in [5.74, 6) is 0. The number of rotatable bonds is 5. The Bertz CT molecular complexity index is 164. The highest BCUT2D eigenvalue weighted by atomic mass is 32.2. The van der Waals surface area contributed by atoms with E-state index in [4.69, 9.17) is 5.11 Å². The number of likely N-dealkylation sites (tertiary alicyclic amines) is 1. The zero-order chi connectivity index (χ0) is 10.6. The Morgan fingerprint density at radius 3 is 2.79 bits per heavy atom. The summed E-state index contributed by atoms with van der Waals surface area (Å²) in [4.78, 5) is 2.34. The lowest BCUT2D eigenvalue weighted by molar-refractivity contribution is 0.269. The van der Waals surface area contributed by atoms with Crippen molar-refractivity contribution >= 4 is 11.8 Å². The quantitative estimate of drug-likeness (QED) is 0.700. The van der Waals surface area contributed by atoms with E-state index in [2.05, 4.69) is 30.4 Å². The molecule has 1 saturated heterocycles. The van der Waals surface area contributed by atoms with Gasteiger partial charge in [0.1, 0.15) is 0 Å². The van der Waals surface area contributed by atoms with Crippen LogP contribution in [0.4, 0.5) is 0 Å². The van der Waals surface area contributed by atoms with Crippen molar-refractivity contribution in [2.75, 3.05) is 33.0 Å². The molecule has 3 unspecified atom stereocenters. The molecule has 0 radical (unpaired) electrons.